The van der Waals surface area contributed by atoms with E-state index >= 15 is 0 Å². The van der Waals surface area contributed by atoms with Gasteiger partial charge < -0.3 is 19.5 Å². The predicted octanol–water partition coefficient (Wildman–Crippen LogP) is 3.51. The minimum atomic E-state index is -3.69. The second-order valence-corrected chi connectivity index (χ2v) is 5.84. The molecule has 0 aromatic heterocycles. The van der Waals surface area contributed by atoms with Crippen molar-refractivity contribution in [3.05, 3.63) is 40.4 Å². The molecule has 0 unspecified atom stereocenters. The van der Waals surface area contributed by atoms with Crippen molar-refractivity contribution >= 4 is 19.4 Å². The van der Waals surface area contributed by atoms with Gasteiger partial charge in [0, 0.05) is 0 Å². The molecule has 0 amide bonds. The van der Waals surface area contributed by atoms with Crippen molar-refractivity contribution in [1.29, 1.82) is 5.26 Å². The third kappa shape index (κ3) is 4.67. The first-order chi connectivity index (χ1) is 9.96. The lowest BCUT2D eigenvalue weighted by Crippen LogP contribution is -2.06. The van der Waals surface area contributed by atoms with Crippen LogP contribution in [0.2, 0.25) is 0 Å². The second kappa shape index (κ2) is 7.93. The summed E-state index contributed by atoms with van der Waals surface area (Å²) in [4.78, 5) is 0. The van der Waals surface area contributed by atoms with Gasteiger partial charge in [-0.25, -0.2) is 0 Å². The molecular formula is C13H16N2O5P-. The molecule has 1 aromatic carbocycles. The highest BCUT2D eigenvalue weighted by atomic mass is 31.2. The third-order valence-electron chi connectivity index (χ3n) is 2.40. The fourth-order valence-electron chi connectivity index (χ4n) is 1.58. The van der Waals surface area contributed by atoms with E-state index < -0.39 is 7.60 Å². The van der Waals surface area contributed by atoms with E-state index in [-0.39, 0.29) is 29.4 Å². The monoisotopic (exact) mass is 311 g/mol. The first kappa shape index (κ1) is 17.4. The maximum atomic E-state index is 12.5. The van der Waals surface area contributed by atoms with Crippen molar-refractivity contribution in [2.45, 2.75) is 13.8 Å². The van der Waals surface area contributed by atoms with Crippen LogP contribution in [0.3, 0.4) is 0 Å². The van der Waals surface area contributed by atoms with Gasteiger partial charge in [0.05, 0.1) is 18.9 Å². The number of hydrogen-bond donors (Lipinski definition) is 1. The highest BCUT2D eigenvalue weighted by Crippen LogP contribution is 2.56. The number of rotatable bonds is 7. The maximum Gasteiger partial charge on any atom is 0.371 e. The molecule has 0 saturated heterocycles. The van der Waals surface area contributed by atoms with Crippen LogP contribution in [0.4, 0.5) is 5.69 Å². The van der Waals surface area contributed by atoms with Crippen molar-refractivity contribution in [2.24, 2.45) is 0 Å². The Labute approximate surface area is 123 Å². The van der Waals surface area contributed by atoms with Gasteiger partial charge in [-0.15, -0.1) is 0 Å². The normalized spacial score (nSPS) is 12.0. The highest BCUT2D eigenvalue weighted by Gasteiger charge is 2.29. The van der Waals surface area contributed by atoms with E-state index in [4.69, 9.17) is 14.3 Å². The summed E-state index contributed by atoms with van der Waals surface area (Å²) in [5, 5.41) is 28.4. The van der Waals surface area contributed by atoms with Crippen molar-refractivity contribution in [3.63, 3.8) is 0 Å². The van der Waals surface area contributed by atoms with Gasteiger partial charge in [0.1, 0.15) is 11.4 Å². The molecule has 0 heterocycles. The van der Waals surface area contributed by atoms with Crippen molar-refractivity contribution in [1.82, 2.24) is 0 Å². The van der Waals surface area contributed by atoms with Crippen LogP contribution in [-0.4, -0.2) is 18.4 Å². The SMILES string of the molecule is CCOP(=O)(OCC)/C(C#N)=C/c1cccc(N([O-])O)c1. The first-order valence-electron chi connectivity index (χ1n) is 6.24. The number of nitrogens with zero attached hydrogens (tertiary/aromatic N) is 2. The molecule has 0 saturated carbocycles. The van der Waals surface area contributed by atoms with Crippen molar-refractivity contribution in [2.75, 3.05) is 18.4 Å². The quantitative estimate of drug-likeness (QED) is 0.466. The van der Waals surface area contributed by atoms with Crippen LogP contribution in [-0.2, 0) is 13.6 Å². The molecule has 7 nitrogen and oxygen atoms in total. The fraction of sp³-hybridized carbons (Fsp3) is 0.308. The standard InChI is InChI=1S/C13H16N2O5P/c1-3-19-21(18,20-4-2)13(10-14)9-11-6-5-7-12(8-11)15(16)17/h5-9,16H,3-4H2,1-2H3/q-1/b13-9+. The van der Waals surface area contributed by atoms with Gasteiger partial charge in [-0.05, 0) is 37.6 Å². The van der Waals surface area contributed by atoms with E-state index in [1.807, 2.05) is 0 Å². The zero-order valence-electron chi connectivity index (χ0n) is 11.7. The summed E-state index contributed by atoms with van der Waals surface area (Å²) in [5.74, 6) is 0. The second-order valence-electron chi connectivity index (χ2n) is 3.84. The van der Waals surface area contributed by atoms with Crippen LogP contribution < -0.4 is 5.23 Å². The first-order valence-corrected chi connectivity index (χ1v) is 7.78. The van der Waals surface area contributed by atoms with Gasteiger partial charge in [-0.1, -0.05) is 12.1 Å². The fourth-order valence-corrected chi connectivity index (χ4v) is 3.04. The number of benzene rings is 1. The van der Waals surface area contributed by atoms with Crippen molar-refractivity contribution in [3.8, 4) is 6.07 Å². The zero-order chi connectivity index (χ0) is 15.9. The summed E-state index contributed by atoms with van der Waals surface area (Å²) in [6.45, 7) is 3.54. The van der Waals surface area contributed by atoms with E-state index in [1.165, 1.54) is 24.3 Å². The Hall–Kier alpha value is -1.68. The van der Waals surface area contributed by atoms with Crippen molar-refractivity contribution < 1.29 is 18.8 Å². The van der Waals surface area contributed by atoms with Gasteiger partial charge in [0.15, 0.2) is 0 Å². The number of hydrogen-bond acceptors (Lipinski definition) is 7. The molecule has 0 aliphatic carbocycles. The molecule has 114 valence electrons. The van der Waals surface area contributed by atoms with Gasteiger partial charge in [0.2, 0.25) is 0 Å². The Morgan fingerprint density at radius 2 is 2.10 bits per heavy atom. The average molecular weight is 311 g/mol. The maximum absolute atomic E-state index is 12.5. The summed E-state index contributed by atoms with van der Waals surface area (Å²) in [6, 6.07) is 7.64. The van der Waals surface area contributed by atoms with E-state index in [9.17, 15) is 15.0 Å². The Kier molecular flexibility index (Phi) is 6.56. The molecule has 21 heavy (non-hydrogen) atoms. The smallest absolute Gasteiger partial charge is 0.371 e. The van der Waals surface area contributed by atoms with E-state index in [0.717, 1.165) is 0 Å². The summed E-state index contributed by atoms with van der Waals surface area (Å²) >= 11 is 0. The Balaban J connectivity index is 3.22. The molecule has 8 heteroatoms. The zero-order valence-corrected chi connectivity index (χ0v) is 12.6. The molecule has 0 aliphatic rings. The summed E-state index contributed by atoms with van der Waals surface area (Å²) in [7, 11) is -3.69. The third-order valence-corrected chi connectivity index (χ3v) is 4.42. The van der Waals surface area contributed by atoms with Crippen LogP contribution >= 0.6 is 7.60 Å². The molecule has 1 N–H and O–H groups in total. The van der Waals surface area contributed by atoms with Crippen LogP contribution in [0.25, 0.3) is 6.08 Å². The van der Waals surface area contributed by atoms with Crippen LogP contribution in [0, 0.1) is 16.5 Å². The number of anilines is 1. The summed E-state index contributed by atoms with van der Waals surface area (Å²) in [6.07, 6.45) is 1.30. The predicted molar refractivity (Wildman–Crippen MR) is 78.5 cm³/mol. The van der Waals surface area contributed by atoms with Crippen LogP contribution in [0.5, 0.6) is 0 Å². The Morgan fingerprint density at radius 1 is 1.48 bits per heavy atom. The van der Waals surface area contributed by atoms with Gasteiger partial charge in [0.25, 0.3) is 0 Å². The molecule has 0 bridgehead atoms. The molecule has 0 spiro atoms. The van der Waals surface area contributed by atoms with E-state index in [0.29, 0.717) is 5.56 Å². The molecule has 0 radical (unpaired) electrons. The lowest BCUT2D eigenvalue weighted by molar-refractivity contribution is 0.227. The van der Waals surface area contributed by atoms with Crippen LogP contribution in [0.15, 0.2) is 29.6 Å². The number of nitriles is 1. The molecular weight excluding hydrogens is 295 g/mol. The Morgan fingerprint density at radius 3 is 2.57 bits per heavy atom. The largest absolute Gasteiger partial charge is 0.733 e. The molecule has 0 aliphatic heterocycles. The highest BCUT2D eigenvalue weighted by molar-refractivity contribution is 7.59. The summed E-state index contributed by atoms with van der Waals surface area (Å²) in [5.41, 5.74) is 0.405. The van der Waals surface area contributed by atoms with E-state index in [1.54, 1.807) is 26.0 Å². The average Bonchev–Trinajstić information content (AvgIpc) is 2.45. The Bertz CT molecular complexity index is 584. The topological polar surface area (TPSA) is 106 Å². The van der Waals surface area contributed by atoms with Gasteiger partial charge in [-0.3, -0.25) is 9.77 Å². The number of allylic oxidation sites excluding steroid dienone is 1. The molecule has 0 fully saturated rings. The van der Waals surface area contributed by atoms with Gasteiger partial charge >= 0.3 is 7.60 Å². The molecule has 1 rings (SSSR count). The minimum Gasteiger partial charge on any atom is -0.733 e. The van der Waals surface area contributed by atoms with E-state index in [2.05, 4.69) is 0 Å². The van der Waals surface area contributed by atoms with Gasteiger partial charge in [-0.2, -0.15) is 5.26 Å². The molecule has 0 atom stereocenters. The van der Waals surface area contributed by atoms with Crippen LogP contribution in [0.1, 0.15) is 19.4 Å². The summed E-state index contributed by atoms with van der Waals surface area (Å²) < 4.78 is 22.7. The molecule has 1 aromatic rings. The lowest BCUT2D eigenvalue weighted by atomic mass is 10.2. The lowest BCUT2D eigenvalue weighted by Gasteiger charge is -2.21. The minimum absolute atomic E-state index is 0.0105.